The van der Waals surface area contributed by atoms with Crippen molar-refractivity contribution in [2.75, 3.05) is 13.2 Å². The number of morpholine rings is 1. The third kappa shape index (κ3) is 3.48. The van der Waals surface area contributed by atoms with E-state index in [0.29, 0.717) is 12.6 Å². The summed E-state index contributed by atoms with van der Waals surface area (Å²) in [5.74, 6) is 0. The molecule has 2 aromatic heterocycles. The highest BCUT2D eigenvalue weighted by Crippen LogP contribution is 2.33. The molecule has 4 rings (SSSR count). The number of nitrogens with zero attached hydrogens (tertiary/aromatic N) is 2. The summed E-state index contributed by atoms with van der Waals surface area (Å²) in [5.41, 5.74) is 1.18. The van der Waals surface area contributed by atoms with Gasteiger partial charge < -0.3 is 9.47 Å². The molecule has 1 aliphatic heterocycles. The van der Waals surface area contributed by atoms with E-state index in [1.54, 1.807) is 0 Å². The molecule has 0 bridgehead atoms. The van der Waals surface area contributed by atoms with Crippen LogP contribution in [-0.4, -0.2) is 41.3 Å². The van der Waals surface area contributed by atoms with Crippen molar-refractivity contribution in [1.29, 1.82) is 0 Å². The Balaban J connectivity index is 1.37. The molecule has 0 aromatic carbocycles. The lowest BCUT2D eigenvalue weighted by molar-refractivity contribution is -0.118. The predicted molar refractivity (Wildman–Crippen MR) is 90.3 cm³/mol. The van der Waals surface area contributed by atoms with E-state index in [4.69, 9.17) is 9.47 Å². The number of pyridine rings is 1. The Hall–Kier alpha value is -1.27. The van der Waals surface area contributed by atoms with Crippen LogP contribution in [0.15, 0.2) is 42.0 Å². The molecule has 0 spiro atoms. The number of fused-ring (bicyclic) bond motifs is 1. The summed E-state index contributed by atoms with van der Waals surface area (Å²) >= 11 is 1.84. The van der Waals surface area contributed by atoms with E-state index < -0.39 is 0 Å². The zero-order valence-corrected chi connectivity index (χ0v) is 14.0. The molecule has 2 fully saturated rings. The molecule has 4 nitrogen and oxygen atoms in total. The van der Waals surface area contributed by atoms with Crippen molar-refractivity contribution < 1.29 is 9.47 Å². The molecule has 1 aliphatic carbocycles. The molecule has 0 unspecified atom stereocenters. The van der Waals surface area contributed by atoms with E-state index in [-0.39, 0.29) is 12.2 Å². The van der Waals surface area contributed by atoms with E-state index in [1.807, 2.05) is 35.9 Å². The zero-order valence-electron chi connectivity index (χ0n) is 13.1. The Morgan fingerprint density at radius 3 is 3.00 bits per heavy atom. The first-order valence-electron chi connectivity index (χ1n) is 8.29. The van der Waals surface area contributed by atoms with Crippen molar-refractivity contribution in [1.82, 2.24) is 9.88 Å². The van der Waals surface area contributed by atoms with Gasteiger partial charge in [-0.15, -0.1) is 11.3 Å². The molecule has 2 aliphatic rings. The molecule has 23 heavy (non-hydrogen) atoms. The van der Waals surface area contributed by atoms with E-state index in [2.05, 4.69) is 27.4 Å². The number of aromatic nitrogens is 1. The number of hydrogen-bond acceptors (Lipinski definition) is 5. The van der Waals surface area contributed by atoms with Crippen molar-refractivity contribution in [3.8, 4) is 0 Å². The largest absolute Gasteiger partial charge is 0.373 e. The van der Waals surface area contributed by atoms with Gasteiger partial charge in [-0.2, -0.15) is 0 Å². The van der Waals surface area contributed by atoms with E-state index >= 15 is 0 Å². The molecule has 1 saturated carbocycles. The summed E-state index contributed by atoms with van der Waals surface area (Å²) in [6.07, 6.45) is 6.30. The lowest BCUT2D eigenvalue weighted by Crippen LogP contribution is -2.51. The Morgan fingerprint density at radius 1 is 1.26 bits per heavy atom. The number of thiophene rings is 1. The van der Waals surface area contributed by atoms with Gasteiger partial charge >= 0.3 is 0 Å². The second-order valence-electron chi connectivity index (χ2n) is 6.23. The van der Waals surface area contributed by atoms with Gasteiger partial charge in [0.2, 0.25) is 0 Å². The van der Waals surface area contributed by atoms with Gasteiger partial charge in [0.25, 0.3) is 0 Å². The average Bonchev–Trinajstić information content (AvgIpc) is 3.24. The van der Waals surface area contributed by atoms with Crippen molar-refractivity contribution in [3.63, 3.8) is 0 Å². The maximum Gasteiger partial charge on any atom is 0.0992 e. The average molecular weight is 330 g/mol. The minimum absolute atomic E-state index is 0.208. The molecule has 0 amide bonds. The van der Waals surface area contributed by atoms with Crippen LogP contribution in [0.4, 0.5) is 0 Å². The quantitative estimate of drug-likeness (QED) is 0.844. The van der Waals surface area contributed by atoms with Crippen LogP contribution in [-0.2, 0) is 22.6 Å². The molecule has 0 N–H and O–H groups in total. The van der Waals surface area contributed by atoms with Gasteiger partial charge in [0, 0.05) is 36.4 Å². The third-order valence-electron chi connectivity index (χ3n) is 4.80. The van der Waals surface area contributed by atoms with Gasteiger partial charge in [-0.1, -0.05) is 6.07 Å². The van der Waals surface area contributed by atoms with Crippen molar-refractivity contribution >= 4 is 11.3 Å². The van der Waals surface area contributed by atoms with Crippen molar-refractivity contribution in [2.24, 2.45) is 0 Å². The second kappa shape index (κ2) is 7.09. The van der Waals surface area contributed by atoms with Gasteiger partial charge in [-0.25, -0.2) is 0 Å². The fraction of sp³-hybridized carbons (Fsp3) is 0.500. The van der Waals surface area contributed by atoms with Crippen LogP contribution in [0.5, 0.6) is 0 Å². The summed E-state index contributed by atoms with van der Waals surface area (Å²) in [4.78, 5) is 8.07. The van der Waals surface area contributed by atoms with Gasteiger partial charge in [0.1, 0.15) is 0 Å². The highest BCUT2D eigenvalue weighted by atomic mass is 32.1. The molecule has 3 atom stereocenters. The van der Waals surface area contributed by atoms with Crippen LogP contribution in [0.3, 0.4) is 0 Å². The van der Waals surface area contributed by atoms with Gasteiger partial charge in [0.15, 0.2) is 0 Å². The Kier molecular flexibility index (Phi) is 4.71. The molecule has 2 aromatic rings. The zero-order chi connectivity index (χ0) is 15.5. The van der Waals surface area contributed by atoms with Gasteiger partial charge in [-0.3, -0.25) is 9.88 Å². The maximum absolute atomic E-state index is 6.17. The van der Waals surface area contributed by atoms with Gasteiger partial charge in [0.05, 0.1) is 25.4 Å². The summed E-state index contributed by atoms with van der Waals surface area (Å²) in [5, 5.41) is 2.16. The molecule has 3 heterocycles. The molecular weight excluding hydrogens is 308 g/mol. The summed E-state index contributed by atoms with van der Waals surface area (Å²) in [6, 6.07) is 8.87. The number of hydrogen-bond donors (Lipinski definition) is 0. The SMILES string of the molecule is c1csc(CN2CCO[C@H]3[C@H](OCc4ccncc4)CC[C@@H]32)c1. The van der Waals surface area contributed by atoms with Gasteiger partial charge in [-0.05, 0) is 42.0 Å². The monoisotopic (exact) mass is 330 g/mol. The first-order chi connectivity index (χ1) is 11.4. The van der Waals surface area contributed by atoms with Crippen LogP contribution in [0, 0.1) is 0 Å². The highest BCUT2D eigenvalue weighted by molar-refractivity contribution is 7.09. The molecule has 122 valence electrons. The first-order valence-corrected chi connectivity index (χ1v) is 9.16. The second-order valence-corrected chi connectivity index (χ2v) is 7.27. The van der Waals surface area contributed by atoms with Crippen LogP contribution in [0.1, 0.15) is 23.3 Å². The molecular formula is C18H22N2O2S. The van der Waals surface area contributed by atoms with Crippen LogP contribution >= 0.6 is 11.3 Å². The molecule has 5 heteroatoms. The standard InChI is InChI=1S/C18H22N2O2S/c1-2-15(23-11-1)12-20-9-10-21-18-16(20)3-4-17(18)22-13-14-5-7-19-8-6-14/h1-2,5-8,11,16-18H,3-4,9-10,12-13H2/t16-,17+,18+/m0/s1. The summed E-state index contributed by atoms with van der Waals surface area (Å²) in [6.45, 7) is 3.52. The topological polar surface area (TPSA) is 34.6 Å². The van der Waals surface area contributed by atoms with Crippen molar-refractivity contribution in [2.45, 2.75) is 44.2 Å². The van der Waals surface area contributed by atoms with E-state index in [1.165, 1.54) is 10.4 Å². The predicted octanol–water partition coefficient (Wildman–Crippen LogP) is 3.09. The van der Waals surface area contributed by atoms with Crippen LogP contribution < -0.4 is 0 Å². The fourth-order valence-electron chi connectivity index (χ4n) is 3.65. The minimum Gasteiger partial charge on any atom is -0.373 e. The lowest BCUT2D eigenvalue weighted by Gasteiger charge is -2.38. The van der Waals surface area contributed by atoms with Crippen molar-refractivity contribution in [3.05, 3.63) is 52.5 Å². The minimum atomic E-state index is 0.208. The third-order valence-corrected chi connectivity index (χ3v) is 5.66. The Labute approximate surface area is 141 Å². The summed E-state index contributed by atoms with van der Waals surface area (Å²) < 4.78 is 12.2. The molecule has 1 saturated heterocycles. The highest BCUT2D eigenvalue weighted by Gasteiger charge is 2.43. The number of ether oxygens (including phenoxy) is 2. The smallest absolute Gasteiger partial charge is 0.0992 e. The van der Waals surface area contributed by atoms with Crippen LogP contribution in [0.2, 0.25) is 0 Å². The van der Waals surface area contributed by atoms with E-state index in [9.17, 15) is 0 Å². The first kappa shape index (κ1) is 15.3. The molecule has 0 radical (unpaired) electrons. The fourth-order valence-corrected chi connectivity index (χ4v) is 4.38. The Morgan fingerprint density at radius 2 is 2.17 bits per heavy atom. The number of rotatable bonds is 5. The Bertz CT molecular complexity index is 605. The summed E-state index contributed by atoms with van der Waals surface area (Å²) in [7, 11) is 0. The maximum atomic E-state index is 6.17. The normalized spacial score (nSPS) is 27.9. The lowest BCUT2D eigenvalue weighted by atomic mass is 10.1. The van der Waals surface area contributed by atoms with Crippen LogP contribution in [0.25, 0.3) is 0 Å². The van der Waals surface area contributed by atoms with E-state index in [0.717, 1.165) is 32.5 Å².